The fourth-order valence-corrected chi connectivity index (χ4v) is 2.21. The molecule has 21 heavy (non-hydrogen) atoms. The zero-order chi connectivity index (χ0) is 15.6. The van der Waals surface area contributed by atoms with E-state index in [1.807, 2.05) is 0 Å². The summed E-state index contributed by atoms with van der Waals surface area (Å²) in [5, 5.41) is 18.4. The molecule has 2 aromatic rings. The summed E-state index contributed by atoms with van der Waals surface area (Å²) in [5.41, 5.74) is 1.56. The van der Waals surface area contributed by atoms with Crippen LogP contribution in [0.15, 0.2) is 36.4 Å². The van der Waals surface area contributed by atoms with Crippen LogP contribution in [0, 0.1) is 6.92 Å². The highest BCUT2D eigenvalue weighted by atomic mass is 19.4. The first-order valence-corrected chi connectivity index (χ1v) is 6.38. The third-order valence-electron chi connectivity index (χ3n) is 3.42. The Kier molecular flexibility index (Phi) is 4.34. The van der Waals surface area contributed by atoms with Crippen molar-refractivity contribution in [3.63, 3.8) is 0 Å². The summed E-state index contributed by atoms with van der Waals surface area (Å²) in [6.07, 6.45) is -4.40. The molecule has 0 amide bonds. The number of alkyl halides is 3. The van der Waals surface area contributed by atoms with Crippen LogP contribution in [-0.2, 0) is 19.4 Å². The molecule has 0 saturated carbocycles. The molecule has 0 bridgehead atoms. The molecule has 0 heterocycles. The molecular formula is C16H15F3O2. The fraction of sp³-hybridized carbons (Fsp3) is 0.250. The molecule has 0 aliphatic rings. The predicted molar refractivity (Wildman–Crippen MR) is 73.5 cm³/mol. The van der Waals surface area contributed by atoms with Gasteiger partial charge in [0.25, 0.3) is 0 Å². The second kappa shape index (κ2) is 5.87. The van der Waals surface area contributed by atoms with Gasteiger partial charge in [-0.2, -0.15) is 13.2 Å². The van der Waals surface area contributed by atoms with Crippen LogP contribution in [0.1, 0.15) is 22.3 Å². The highest BCUT2D eigenvalue weighted by molar-refractivity contribution is 5.66. The minimum absolute atomic E-state index is 0.167. The normalized spacial score (nSPS) is 11.7. The Bertz CT molecular complexity index is 648. The second-order valence-electron chi connectivity index (χ2n) is 4.83. The van der Waals surface area contributed by atoms with Crippen molar-refractivity contribution in [3.05, 3.63) is 58.7 Å². The number of hydrogen-bond donors (Lipinski definition) is 2. The predicted octanol–water partition coefficient (Wildman–Crippen LogP) is 3.67. The van der Waals surface area contributed by atoms with E-state index in [1.165, 1.54) is 13.0 Å². The molecule has 2 N–H and O–H groups in total. The number of rotatable bonds is 3. The first-order valence-electron chi connectivity index (χ1n) is 6.38. The molecule has 2 nitrogen and oxygen atoms in total. The van der Waals surface area contributed by atoms with Crippen molar-refractivity contribution >= 4 is 0 Å². The van der Waals surface area contributed by atoms with Gasteiger partial charge >= 0.3 is 6.18 Å². The summed E-state index contributed by atoms with van der Waals surface area (Å²) >= 11 is 0. The van der Waals surface area contributed by atoms with Crippen LogP contribution in [0.3, 0.4) is 0 Å². The lowest BCUT2D eigenvalue weighted by Gasteiger charge is -2.13. The van der Waals surface area contributed by atoms with E-state index in [0.29, 0.717) is 22.3 Å². The van der Waals surface area contributed by atoms with Crippen LogP contribution in [0.5, 0.6) is 0 Å². The van der Waals surface area contributed by atoms with Crippen LogP contribution in [0.2, 0.25) is 0 Å². The Balaban J connectivity index is 2.52. The van der Waals surface area contributed by atoms with Gasteiger partial charge in [-0.05, 0) is 46.9 Å². The van der Waals surface area contributed by atoms with Crippen molar-refractivity contribution in [2.45, 2.75) is 26.3 Å². The summed E-state index contributed by atoms with van der Waals surface area (Å²) in [5.74, 6) is 0. The van der Waals surface area contributed by atoms with Crippen LogP contribution < -0.4 is 0 Å². The molecule has 0 radical (unpaired) electrons. The van der Waals surface area contributed by atoms with E-state index in [9.17, 15) is 18.3 Å². The molecule has 112 valence electrons. The smallest absolute Gasteiger partial charge is 0.392 e. The topological polar surface area (TPSA) is 40.5 Å². The number of aryl methyl sites for hydroxylation is 1. The molecule has 0 saturated heterocycles. The second-order valence-corrected chi connectivity index (χ2v) is 4.83. The summed E-state index contributed by atoms with van der Waals surface area (Å²) in [6.45, 7) is 0.917. The maximum absolute atomic E-state index is 12.9. The molecule has 0 aromatic heterocycles. The highest BCUT2D eigenvalue weighted by Crippen LogP contribution is 2.35. The Morgan fingerprint density at radius 3 is 2.00 bits per heavy atom. The summed E-state index contributed by atoms with van der Waals surface area (Å²) in [4.78, 5) is 0. The molecule has 5 heteroatoms. The standard InChI is InChI=1S/C16H15F3O2/c1-10-2-3-12(7-15(10)16(17,18)19)11-4-5-13(8-20)14(6-11)9-21/h2-7,20-21H,8-9H2,1H3. The van der Waals surface area contributed by atoms with Crippen molar-refractivity contribution in [1.29, 1.82) is 0 Å². The van der Waals surface area contributed by atoms with Gasteiger partial charge < -0.3 is 10.2 Å². The minimum atomic E-state index is -4.40. The summed E-state index contributed by atoms with van der Waals surface area (Å²) < 4.78 is 38.8. The lowest BCUT2D eigenvalue weighted by atomic mass is 9.96. The van der Waals surface area contributed by atoms with Crippen molar-refractivity contribution in [1.82, 2.24) is 0 Å². The van der Waals surface area contributed by atoms with Crippen molar-refractivity contribution in [2.24, 2.45) is 0 Å². The molecular weight excluding hydrogens is 281 g/mol. The number of benzene rings is 2. The van der Waals surface area contributed by atoms with E-state index in [0.717, 1.165) is 6.07 Å². The van der Waals surface area contributed by atoms with Gasteiger partial charge in [0, 0.05) is 0 Å². The molecule has 0 aliphatic heterocycles. The molecule has 0 unspecified atom stereocenters. The van der Waals surface area contributed by atoms with Gasteiger partial charge in [0.2, 0.25) is 0 Å². The minimum Gasteiger partial charge on any atom is -0.392 e. The first-order chi connectivity index (χ1) is 9.86. The van der Waals surface area contributed by atoms with Crippen LogP contribution in [-0.4, -0.2) is 10.2 Å². The van der Waals surface area contributed by atoms with Gasteiger partial charge in [0.05, 0.1) is 18.8 Å². The highest BCUT2D eigenvalue weighted by Gasteiger charge is 2.32. The van der Waals surface area contributed by atoms with E-state index in [1.54, 1.807) is 24.3 Å². The number of hydrogen-bond acceptors (Lipinski definition) is 2. The average Bonchev–Trinajstić information content (AvgIpc) is 2.45. The van der Waals surface area contributed by atoms with E-state index in [2.05, 4.69) is 0 Å². The third kappa shape index (κ3) is 3.25. The Labute approximate surface area is 120 Å². The summed E-state index contributed by atoms with van der Waals surface area (Å²) in [6, 6.07) is 8.97. The fourth-order valence-electron chi connectivity index (χ4n) is 2.21. The van der Waals surface area contributed by atoms with Crippen LogP contribution in [0.25, 0.3) is 11.1 Å². The van der Waals surface area contributed by atoms with Gasteiger partial charge in [0.1, 0.15) is 0 Å². The lowest BCUT2D eigenvalue weighted by molar-refractivity contribution is -0.138. The molecule has 0 atom stereocenters. The number of aliphatic hydroxyl groups excluding tert-OH is 2. The van der Waals surface area contributed by atoms with Crippen LogP contribution in [0.4, 0.5) is 13.2 Å². The van der Waals surface area contributed by atoms with Gasteiger partial charge in [-0.25, -0.2) is 0 Å². The van der Waals surface area contributed by atoms with Crippen molar-refractivity contribution < 1.29 is 23.4 Å². The molecule has 0 aliphatic carbocycles. The first kappa shape index (κ1) is 15.5. The SMILES string of the molecule is Cc1ccc(-c2ccc(CO)c(CO)c2)cc1C(F)(F)F. The van der Waals surface area contributed by atoms with Crippen LogP contribution >= 0.6 is 0 Å². The lowest BCUT2D eigenvalue weighted by Crippen LogP contribution is -2.07. The maximum atomic E-state index is 12.9. The van der Waals surface area contributed by atoms with Gasteiger partial charge in [-0.1, -0.05) is 24.3 Å². The molecule has 2 aromatic carbocycles. The van der Waals surface area contributed by atoms with Gasteiger partial charge in [-0.3, -0.25) is 0 Å². The third-order valence-corrected chi connectivity index (χ3v) is 3.42. The van der Waals surface area contributed by atoms with E-state index in [4.69, 9.17) is 5.11 Å². The number of halogens is 3. The maximum Gasteiger partial charge on any atom is 0.416 e. The quantitative estimate of drug-likeness (QED) is 0.907. The Morgan fingerprint density at radius 1 is 0.857 bits per heavy atom. The van der Waals surface area contributed by atoms with Crippen molar-refractivity contribution in [3.8, 4) is 11.1 Å². The number of aliphatic hydroxyl groups is 2. The average molecular weight is 296 g/mol. The molecule has 0 fully saturated rings. The zero-order valence-electron chi connectivity index (χ0n) is 11.4. The Morgan fingerprint density at radius 2 is 1.43 bits per heavy atom. The summed E-state index contributed by atoms with van der Waals surface area (Å²) in [7, 11) is 0. The monoisotopic (exact) mass is 296 g/mol. The zero-order valence-corrected chi connectivity index (χ0v) is 11.4. The van der Waals surface area contributed by atoms with E-state index < -0.39 is 11.7 Å². The largest absolute Gasteiger partial charge is 0.416 e. The van der Waals surface area contributed by atoms with E-state index >= 15 is 0 Å². The molecule has 0 spiro atoms. The Hall–Kier alpha value is -1.85. The van der Waals surface area contributed by atoms with Gasteiger partial charge in [-0.15, -0.1) is 0 Å². The van der Waals surface area contributed by atoms with E-state index in [-0.39, 0.29) is 18.8 Å². The van der Waals surface area contributed by atoms with Crippen molar-refractivity contribution in [2.75, 3.05) is 0 Å². The van der Waals surface area contributed by atoms with Gasteiger partial charge in [0.15, 0.2) is 0 Å². The molecule has 2 rings (SSSR count).